The average molecular weight is 507 g/mol. The molecular formula is C34H26N4O. The molecule has 1 unspecified atom stereocenters. The topological polar surface area (TPSA) is 71.0 Å². The zero-order valence-electron chi connectivity index (χ0n) is 21.3. The second kappa shape index (κ2) is 9.37. The van der Waals surface area contributed by atoms with Crippen LogP contribution in [0.5, 0.6) is 0 Å². The van der Waals surface area contributed by atoms with Gasteiger partial charge in [-0.05, 0) is 35.2 Å². The zero-order chi connectivity index (χ0) is 26.3. The van der Waals surface area contributed by atoms with E-state index in [1.54, 1.807) is 0 Å². The van der Waals surface area contributed by atoms with Gasteiger partial charge in [-0.1, -0.05) is 91.0 Å². The summed E-state index contributed by atoms with van der Waals surface area (Å²) in [6, 6.07) is 38.6. The van der Waals surface area contributed by atoms with Crippen LogP contribution in [0.25, 0.3) is 10.8 Å². The van der Waals surface area contributed by atoms with E-state index in [1.165, 1.54) is 5.56 Å². The number of anilines is 2. The van der Waals surface area contributed by atoms with Crippen LogP contribution in [-0.4, -0.2) is 17.2 Å². The maximum absolute atomic E-state index is 13.3. The molecule has 188 valence electrons. The lowest BCUT2D eigenvalue weighted by atomic mass is 9.83. The van der Waals surface area contributed by atoms with Gasteiger partial charge in [0.05, 0.1) is 40.9 Å². The quantitative estimate of drug-likeness (QED) is 0.257. The molecule has 1 atom stereocenters. The number of carbonyl (C=O) groups is 1. The first kappa shape index (κ1) is 23.1. The monoisotopic (exact) mass is 506 g/mol. The van der Waals surface area contributed by atoms with Gasteiger partial charge in [0.15, 0.2) is 5.78 Å². The van der Waals surface area contributed by atoms with Gasteiger partial charge in [0.25, 0.3) is 0 Å². The highest BCUT2D eigenvalue weighted by Gasteiger charge is 2.32. The highest BCUT2D eigenvalue weighted by molar-refractivity contribution is 6.31. The third-order valence-corrected chi connectivity index (χ3v) is 7.60. The number of rotatable bonds is 4. The summed E-state index contributed by atoms with van der Waals surface area (Å²) in [7, 11) is 0. The van der Waals surface area contributed by atoms with Crippen molar-refractivity contribution in [2.45, 2.75) is 18.9 Å². The zero-order valence-corrected chi connectivity index (χ0v) is 21.3. The molecule has 1 aliphatic carbocycles. The summed E-state index contributed by atoms with van der Waals surface area (Å²) in [5, 5.41) is 9.26. The maximum Gasteiger partial charge on any atom is 0.169 e. The van der Waals surface area contributed by atoms with Crippen LogP contribution in [0.1, 0.15) is 45.9 Å². The van der Waals surface area contributed by atoms with Crippen molar-refractivity contribution >= 4 is 45.0 Å². The molecule has 5 aromatic rings. The Morgan fingerprint density at radius 1 is 0.744 bits per heavy atom. The van der Waals surface area contributed by atoms with Crippen LogP contribution in [0.4, 0.5) is 17.1 Å². The molecule has 0 amide bonds. The third-order valence-electron chi connectivity index (χ3n) is 7.60. The highest BCUT2D eigenvalue weighted by Crippen LogP contribution is 2.40. The number of carbonyl (C=O) groups excluding carboxylic acids is 1. The molecule has 5 heteroatoms. The van der Waals surface area contributed by atoms with Gasteiger partial charge in [-0.2, -0.15) is 5.10 Å². The first-order valence-corrected chi connectivity index (χ1v) is 13.2. The fourth-order valence-electron chi connectivity index (χ4n) is 5.73. The van der Waals surface area contributed by atoms with Crippen molar-refractivity contribution in [2.24, 2.45) is 10.1 Å². The molecule has 0 radical (unpaired) electrons. The summed E-state index contributed by atoms with van der Waals surface area (Å²) in [5.74, 6) is 0.0694. The van der Waals surface area contributed by atoms with Gasteiger partial charge in [0.1, 0.15) is 0 Å². The lowest BCUT2D eigenvalue weighted by Crippen LogP contribution is -2.18. The highest BCUT2D eigenvalue weighted by atomic mass is 16.1. The van der Waals surface area contributed by atoms with Gasteiger partial charge in [-0.25, -0.2) is 0 Å². The minimum Gasteiger partial charge on any atom is -0.397 e. The molecular weight excluding hydrogens is 480 g/mol. The molecule has 1 heterocycles. The van der Waals surface area contributed by atoms with Crippen molar-refractivity contribution in [3.63, 3.8) is 0 Å². The smallest absolute Gasteiger partial charge is 0.169 e. The number of benzene rings is 5. The van der Waals surface area contributed by atoms with Crippen LogP contribution < -0.4 is 10.7 Å². The number of ketones is 1. The minimum atomic E-state index is 0.0694. The minimum absolute atomic E-state index is 0.0694. The lowest BCUT2D eigenvalue weighted by Gasteiger charge is -2.23. The van der Waals surface area contributed by atoms with E-state index in [9.17, 15) is 4.79 Å². The molecule has 39 heavy (non-hydrogen) atoms. The van der Waals surface area contributed by atoms with E-state index in [0.717, 1.165) is 51.0 Å². The number of nitrogens with two attached hydrogens (primary N) is 1. The number of nitrogens with zero attached hydrogens (tertiary/aromatic N) is 3. The Morgan fingerprint density at radius 2 is 1.46 bits per heavy atom. The molecule has 0 aromatic heterocycles. The van der Waals surface area contributed by atoms with Gasteiger partial charge >= 0.3 is 0 Å². The van der Waals surface area contributed by atoms with Gasteiger partial charge in [-0.15, -0.1) is 0 Å². The molecule has 7 rings (SSSR count). The molecule has 0 bridgehead atoms. The number of hydrogen-bond acceptors (Lipinski definition) is 5. The molecule has 0 fully saturated rings. The van der Waals surface area contributed by atoms with Crippen molar-refractivity contribution in [3.05, 3.63) is 138 Å². The van der Waals surface area contributed by atoms with E-state index in [-0.39, 0.29) is 18.2 Å². The first-order valence-electron chi connectivity index (χ1n) is 13.2. The van der Waals surface area contributed by atoms with Gasteiger partial charge in [0.2, 0.25) is 0 Å². The normalized spacial score (nSPS) is 17.6. The Morgan fingerprint density at radius 3 is 2.26 bits per heavy atom. The Labute approximate surface area is 226 Å². The van der Waals surface area contributed by atoms with E-state index in [0.29, 0.717) is 11.4 Å². The Hall–Kier alpha value is -5.03. The van der Waals surface area contributed by atoms with Crippen molar-refractivity contribution in [2.75, 3.05) is 10.7 Å². The number of para-hydroxylation sites is 3. The fraction of sp³-hybridized carbons (Fsp3) is 0.0882. The Bertz CT molecular complexity index is 1790. The molecule has 0 saturated carbocycles. The van der Waals surface area contributed by atoms with Gasteiger partial charge in [-0.3, -0.25) is 14.8 Å². The number of nitrogen functional groups attached to an aromatic ring is 1. The van der Waals surface area contributed by atoms with Crippen molar-refractivity contribution in [1.29, 1.82) is 0 Å². The summed E-state index contributed by atoms with van der Waals surface area (Å²) in [4.78, 5) is 18.2. The van der Waals surface area contributed by atoms with Gasteiger partial charge < -0.3 is 5.73 Å². The molecule has 2 aliphatic rings. The summed E-state index contributed by atoms with van der Waals surface area (Å²) in [5.41, 5.74) is 14.2. The van der Waals surface area contributed by atoms with E-state index >= 15 is 0 Å². The number of Topliss-reactive ketones (excluding diaryl/α,β-unsaturated/α-hetero) is 1. The van der Waals surface area contributed by atoms with Crippen LogP contribution in [-0.2, 0) is 0 Å². The second-order valence-electron chi connectivity index (χ2n) is 9.96. The van der Waals surface area contributed by atoms with E-state index in [2.05, 4.69) is 59.6 Å². The predicted octanol–water partition coefficient (Wildman–Crippen LogP) is 7.48. The van der Waals surface area contributed by atoms with E-state index in [1.807, 2.05) is 60.7 Å². The van der Waals surface area contributed by atoms with Crippen LogP contribution in [0.15, 0.2) is 125 Å². The van der Waals surface area contributed by atoms with E-state index < -0.39 is 0 Å². The molecule has 5 nitrogen and oxygen atoms in total. The molecule has 1 aliphatic heterocycles. The Balaban J connectivity index is 1.38. The van der Waals surface area contributed by atoms with Crippen LogP contribution in [0, 0.1) is 0 Å². The standard InChI is InChI=1S/C34H26N4O/c35-28-16-7-8-17-29(28)36-30-21-33(39)27-19-18-24(25-14-9-15-26(30)34(25)27)31-20-32(22-10-3-1-4-11-22)38(37-31)23-12-5-2-6-13-23/h1-19,32H,20-21,35H2. The average Bonchev–Trinajstić information content (AvgIpc) is 3.43. The summed E-state index contributed by atoms with van der Waals surface area (Å²) in [6.07, 6.45) is 1.01. The summed E-state index contributed by atoms with van der Waals surface area (Å²) >= 11 is 0. The maximum atomic E-state index is 13.3. The number of aliphatic imine (C=N–C) groups is 1. The molecule has 0 saturated heterocycles. The fourth-order valence-corrected chi connectivity index (χ4v) is 5.73. The Kier molecular flexibility index (Phi) is 5.55. The predicted molar refractivity (Wildman–Crippen MR) is 159 cm³/mol. The van der Waals surface area contributed by atoms with Crippen LogP contribution in [0.2, 0.25) is 0 Å². The van der Waals surface area contributed by atoms with E-state index in [4.69, 9.17) is 15.8 Å². The third kappa shape index (κ3) is 3.99. The SMILES string of the molecule is Nc1ccccc1N=C1CC(=O)c2ccc(C3=NN(c4ccccc4)C(c4ccccc4)C3)c3cccc1c23. The van der Waals surface area contributed by atoms with Crippen LogP contribution >= 0.6 is 0 Å². The molecule has 2 N–H and O–H groups in total. The number of hydrazone groups is 1. The molecule has 0 spiro atoms. The largest absolute Gasteiger partial charge is 0.397 e. The summed E-state index contributed by atoms with van der Waals surface area (Å²) < 4.78 is 0. The lowest BCUT2D eigenvalue weighted by molar-refractivity contribution is 0.100. The van der Waals surface area contributed by atoms with Gasteiger partial charge in [0, 0.05) is 28.5 Å². The van der Waals surface area contributed by atoms with Crippen molar-refractivity contribution < 1.29 is 4.79 Å². The number of hydrogen-bond donors (Lipinski definition) is 1. The van der Waals surface area contributed by atoms with Crippen molar-refractivity contribution in [1.82, 2.24) is 0 Å². The first-order chi connectivity index (χ1) is 19.2. The second-order valence-corrected chi connectivity index (χ2v) is 9.96. The summed E-state index contributed by atoms with van der Waals surface area (Å²) in [6.45, 7) is 0. The van der Waals surface area contributed by atoms with Crippen LogP contribution in [0.3, 0.4) is 0 Å². The molecule has 5 aromatic carbocycles. The van der Waals surface area contributed by atoms with Crippen molar-refractivity contribution in [3.8, 4) is 0 Å².